The first-order valence-electron chi connectivity index (χ1n) is 7.85. The second-order valence-corrected chi connectivity index (χ2v) is 6.33. The molecule has 0 spiro atoms. The number of hydrogen-bond acceptors (Lipinski definition) is 6. The topological polar surface area (TPSA) is 61.6 Å². The second-order valence-electron chi connectivity index (χ2n) is 5.32. The number of ether oxygens (including phenoxy) is 1. The molecule has 1 heterocycles. The molecule has 1 N–H and O–H groups in total. The quantitative estimate of drug-likeness (QED) is 0.499. The van der Waals surface area contributed by atoms with Gasteiger partial charge in [-0.25, -0.2) is 10.5 Å². The standard InChI is InChI=1S/C16H24N4OS/c1-4-6-7-8-9-21-14-10-13-15(11-12(14)19-17)22-16(18-13)20(3)5-2/h10-11,17H,4-9H2,1-3H3. The number of thiazole rings is 1. The van der Waals surface area contributed by atoms with Gasteiger partial charge in [0.25, 0.3) is 0 Å². The fourth-order valence-corrected chi connectivity index (χ4v) is 3.15. The Bertz CT molecular complexity index is 626. The molecule has 0 unspecified atom stereocenters. The van der Waals surface area contributed by atoms with Crippen molar-refractivity contribution >= 4 is 32.4 Å². The number of unbranched alkanes of at least 4 members (excludes halogenated alkanes) is 3. The summed E-state index contributed by atoms with van der Waals surface area (Å²) in [4.78, 5) is 6.74. The lowest BCUT2D eigenvalue weighted by Crippen LogP contribution is -2.14. The summed E-state index contributed by atoms with van der Waals surface area (Å²) in [7, 11) is 2.03. The van der Waals surface area contributed by atoms with E-state index in [-0.39, 0.29) is 0 Å². The molecule has 0 bridgehead atoms. The fraction of sp³-hybridized carbons (Fsp3) is 0.562. The predicted molar refractivity (Wildman–Crippen MR) is 93.0 cm³/mol. The van der Waals surface area contributed by atoms with Crippen LogP contribution in [0, 0.1) is 5.53 Å². The molecule has 0 fully saturated rings. The van der Waals surface area contributed by atoms with Gasteiger partial charge in [0.2, 0.25) is 0 Å². The van der Waals surface area contributed by atoms with Crippen LogP contribution in [0.2, 0.25) is 0 Å². The van der Waals surface area contributed by atoms with Gasteiger partial charge in [0.1, 0.15) is 11.4 Å². The van der Waals surface area contributed by atoms with E-state index in [1.165, 1.54) is 19.3 Å². The first kappa shape index (κ1) is 16.7. The highest BCUT2D eigenvalue weighted by Gasteiger charge is 2.12. The summed E-state index contributed by atoms with van der Waals surface area (Å²) in [6.07, 6.45) is 4.65. The highest BCUT2D eigenvalue weighted by atomic mass is 32.1. The van der Waals surface area contributed by atoms with Gasteiger partial charge in [0, 0.05) is 19.7 Å². The Morgan fingerprint density at radius 1 is 1.27 bits per heavy atom. The Morgan fingerprint density at radius 3 is 2.77 bits per heavy atom. The van der Waals surface area contributed by atoms with Crippen LogP contribution in [-0.2, 0) is 0 Å². The minimum Gasteiger partial charge on any atom is -0.491 e. The average Bonchev–Trinajstić information content (AvgIpc) is 2.95. The van der Waals surface area contributed by atoms with E-state index >= 15 is 0 Å². The molecular weight excluding hydrogens is 296 g/mol. The van der Waals surface area contributed by atoms with Gasteiger partial charge >= 0.3 is 0 Å². The van der Waals surface area contributed by atoms with Crippen LogP contribution in [0.3, 0.4) is 0 Å². The molecule has 0 radical (unpaired) electrons. The molecule has 120 valence electrons. The highest BCUT2D eigenvalue weighted by molar-refractivity contribution is 7.22. The zero-order valence-electron chi connectivity index (χ0n) is 13.6. The molecule has 6 heteroatoms. The van der Waals surface area contributed by atoms with Crippen molar-refractivity contribution < 1.29 is 4.74 Å². The number of hydrogen-bond donors (Lipinski definition) is 1. The van der Waals surface area contributed by atoms with Gasteiger partial charge in [-0.05, 0) is 19.4 Å². The smallest absolute Gasteiger partial charge is 0.186 e. The van der Waals surface area contributed by atoms with Crippen molar-refractivity contribution in [2.24, 2.45) is 5.11 Å². The van der Waals surface area contributed by atoms with E-state index in [9.17, 15) is 0 Å². The Morgan fingerprint density at radius 2 is 2.09 bits per heavy atom. The molecule has 22 heavy (non-hydrogen) atoms. The predicted octanol–water partition coefficient (Wildman–Crippen LogP) is 5.37. The summed E-state index contributed by atoms with van der Waals surface area (Å²) >= 11 is 1.62. The van der Waals surface area contributed by atoms with Crippen molar-refractivity contribution in [2.45, 2.75) is 39.5 Å². The number of benzene rings is 1. The van der Waals surface area contributed by atoms with Gasteiger partial charge < -0.3 is 9.64 Å². The van der Waals surface area contributed by atoms with E-state index in [1.54, 1.807) is 11.3 Å². The highest BCUT2D eigenvalue weighted by Crippen LogP contribution is 2.37. The summed E-state index contributed by atoms with van der Waals surface area (Å²) in [6, 6.07) is 3.81. The summed E-state index contributed by atoms with van der Waals surface area (Å²) in [5, 5.41) is 4.58. The fourth-order valence-electron chi connectivity index (χ4n) is 2.14. The molecule has 0 aliphatic carbocycles. The van der Waals surface area contributed by atoms with Crippen molar-refractivity contribution in [2.75, 3.05) is 25.1 Å². The van der Waals surface area contributed by atoms with Crippen LogP contribution in [0.4, 0.5) is 10.8 Å². The molecule has 1 aromatic heterocycles. The largest absolute Gasteiger partial charge is 0.491 e. The molecule has 2 rings (SSSR count). The number of fused-ring (bicyclic) bond motifs is 1. The monoisotopic (exact) mass is 320 g/mol. The van der Waals surface area contributed by atoms with Crippen LogP contribution >= 0.6 is 11.3 Å². The zero-order chi connectivity index (χ0) is 15.9. The Labute approximate surface area is 135 Å². The third-order valence-corrected chi connectivity index (χ3v) is 4.77. The van der Waals surface area contributed by atoms with Gasteiger partial charge in [-0.3, -0.25) is 0 Å². The maximum atomic E-state index is 7.35. The lowest BCUT2D eigenvalue weighted by molar-refractivity contribution is 0.306. The van der Waals surface area contributed by atoms with E-state index in [0.29, 0.717) is 18.0 Å². The molecule has 0 amide bonds. The van der Waals surface area contributed by atoms with Crippen molar-refractivity contribution in [1.29, 1.82) is 5.53 Å². The lowest BCUT2D eigenvalue weighted by Gasteiger charge is -2.10. The van der Waals surface area contributed by atoms with Crippen molar-refractivity contribution in [3.8, 4) is 5.75 Å². The summed E-state index contributed by atoms with van der Waals surface area (Å²) in [5.41, 5.74) is 8.85. The van der Waals surface area contributed by atoms with E-state index in [1.807, 2.05) is 19.2 Å². The van der Waals surface area contributed by atoms with E-state index < -0.39 is 0 Å². The molecular formula is C16H24N4OS. The number of nitrogens with one attached hydrogen (secondary N) is 1. The van der Waals surface area contributed by atoms with E-state index in [2.05, 4.69) is 28.8 Å². The van der Waals surface area contributed by atoms with Crippen LogP contribution < -0.4 is 9.64 Å². The van der Waals surface area contributed by atoms with Crippen LogP contribution in [0.15, 0.2) is 17.2 Å². The third kappa shape index (κ3) is 3.94. The first-order valence-corrected chi connectivity index (χ1v) is 8.67. The molecule has 0 saturated carbocycles. The minimum atomic E-state index is 0.581. The second kappa shape index (κ2) is 8.08. The van der Waals surface area contributed by atoms with Gasteiger partial charge in [0.15, 0.2) is 5.13 Å². The van der Waals surface area contributed by atoms with E-state index in [4.69, 9.17) is 10.3 Å². The Balaban J connectivity index is 2.16. The van der Waals surface area contributed by atoms with Crippen LogP contribution in [0.25, 0.3) is 10.2 Å². The maximum absolute atomic E-state index is 7.35. The number of anilines is 1. The van der Waals surface area contributed by atoms with Gasteiger partial charge in [-0.1, -0.05) is 37.5 Å². The zero-order valence-corrected chi connectivity index (χ0v) is 14.4. The van der Waals surface area contributed by atoms with Gasteiger partial charge in [-0.2, -0.15) is 5.11 Å². The first-order chi connectivity index (χ1) is 10.7. The minimum absolute atomic E-state index is 0.581. The summed E-state index contributed by atoms with van der Waals surface area (Å²) in [5.74, 6) is 0.662. The van der Waals surface area contributed by atoms with Crippen molar-refractivity contribution in [3.63, 3.8) is 0 Å². The average molecular weight is 320 g/mol. The van der Waals surface area contributed by atoms with Crippen molar-refractivity contribution in [1.82, 2.24) is 4.98 Å². The molecule has 0 atom stereocenters. The molecule has 1 aromatic carbocycles. The van der Waals surface area contributed by atoms with Crippen LogP contribution in [-0.4, -0.2) is 25.2 Å². The van der Waals surface area contributed by atoms with Crippen molar-refractivity contribution in [3.05, 3.63) is 12.1 Å². The molecule has 5 nitrogen and oxygen atoms in total. The Hall–Kier alpha value is -1.69. The molecule has 0 saturated heterocycles. The Kier molecular flexibility index (Phi) is 6.12. The lowest BCUT2D eigenvalue weighted by atomic mass is 10.2. The summed E-state index contributed by atoms with van der Waals surface area (Å²) in [6.45, 7) is 5.87. The number of nitrogens with zero attached hydrogens (tertiary/aromatic N) is 3. The molecule has 2 aromatic rings. The van der Waals surface area contributed by atoms with Gasteiger partial charge in [-0.15, -0.1) is 0 Å². The third-order valence-electron chi connectivity index (χ3n) is 3.63. The SMILES string of the molecule is CCCCCCOc1cc2nc(N(C)CC)sc2cc1N=N. The molecule has 0 aliphatic heterocycles. The van der Waals surface area contributed by atoms with Gasteiger partial charge in [0.05, 0.1) is 16.8 Å². The van der Waals surface area contributed by atoms with E-state index in [0.717, 1.165) is 28.3 Å². The number of aromatic nitrogens is 1. The van der Waals surface area contributed by atoms with Crippen LogP contribution in [0.1, 0.15) is 39.5 Å². The normalized spacial score (nSPS) is 10.9. The number of rotatable bonds is 9. The van der Waals surface area contributed by atoms with Crippen LogP contribution in [0.5, 0.6) is 5.75 Å². The maximum Gasteiger partial charge on any atom is 0.186 e. The molecule has 0 aliphatic rings. The summed E-state index contributed by atoms with van der Waals surface area (Å²) < 4.78 is 6.86.